The molecule has 2 rings (SSSR count). The molecule has 0 aliphatic carbocycles. The number of aliphatic hydroxyl groups is 2. The summed E-state index contributed by atoms with van der Waals surface area (Å²) in [6.07, 6.45) is 4.23. The Hall–Kier alpha value is -1.97. The summed E-state index contributed by atoms with van der Waals surface area (Å²) >= 11 is 0. The van der Waals surface area contributed by atoms with Crippen molar-refractivity contribution >= 4 is 5.78 Å². The molecule has 0 saturated heterocycles. The maximum atomic E-state index is 12.3. The molecule has 2 N–H and O–H groups in total. The molecule has 3 heteroatoms. The lowest BCUT2D eigenvalue weighted by atomic mass is 9.78. The summed E-state index contributed by atoms with van der Waals surface area (Å²) < 4.78 is 0. The fourth-order valence-electron chi connectivity index (χ4n) is 3.79. The number of carbonyl (C=O) groups is 1. The number of aliphatic hydroxyl groups excluding tert-OH is 2. The summed E-state index contributed by atoms with van der Waals surface area (Å²) in [6.45, 7) is 4.27. The van der Waals surface area contributed by atoms with Crippen LogP contribution < -0.4 is 0 Å². The molecule has 0 amide bonds. The lowest BCUT2D eigenvalue weighted by molar-refractivity contribution is -0.119. The minimum atomic E-state index is -0.301. The van der Waals surface area contributed by atoms with Crippen LogP contribution in [0.15, 0.2) is 60.7 Å². The van der Waals surface area contributed by atoms with Gasteiger partial charge < -0.3 is 10.2 Å². The van der Waals surface area contributed by atoms with Gasteiger partial charge in [-0.15, -0.1) is 0 Å². The highest BCUT2D eigenvalue weighted by Gasteiger charge is 2.27. The van der Waals surface area contributed by atoms with Crippen molar-refractivity contribution in [2.45, 2.75) is 63.2 Å². The maximum absolute atomic E-state index is 12.3. The molecule has 0 fully saturated rings. The maximum Gasteiger partial charge on any atom is 0.132 e. The van der Waals surface area contributed by atoms with Crippen molar-refractivity contribution in [1.82, 2.24) is 0 Å². The largest absolute Gasteiger partial charge is 0.395 e. The highest BCUT2D eigenvalue weighted by molar-refractivity contribution is 5.78. The summed E-state index contributed by atoms with van der Waals surface area (Å²) in [4.78, 5) is 12.3. The van der Waals surface area contributed by atoms with Crippen LogP contribution >= 0.6 is 0 Å². The van der Waals surface area contributed by atoms with Crippen LogP contribution in [-0.2, 0) is 15.6 Å². The van der Waals surface area contributed by atoms with Crippen LogP contribution in [0.3, 0.4) is 0 Å². The van der Waals surface area contributed by atoms with Gasteiger partial charge in [-0.05, 0) is 36.8 Å². The van der Waals surface area contributed by atoms with Crippen molar-refractivity contribution in [2.75, 3.05) is 13.2 Å². The lowest BCUT2D eigenvalue weighted by Crippen LogP contribution is -2.27. The van der Waals surface area contributed by atoms with Gasteiger partial charge >= 0.3 is 0 Å². The molecular formula is C25H34O3. The van der Waals surface area contributed by atoms with Crippen molar-refractivity contribution in [3.63, 3.8) is 0 Å². The summed E-state index contributed by atoms with van der Waals surface area (Å²) in [7, 11) is 0. The van der Waals surface area contributed by atoms with Gasteiger partial charge in [0.05, 0.1) is 13.2 Å². The van der Waals surface area contributed by atoms with E-state index in [9.17, 15) is 15.0 Å². The number of Topliss-reactive ketones (excluding diaryl/α,β-unsaturated/α-hetero) is 1. The molecule has 28 heavy (non-hydrogen) atoms. The second-order valence-electron chi connectivity index (χ2n) is 8.42. The fraction of sp³-hybridized carbons (Fsp3) is 0.480. The van der Waals surface area contributed by atoms with E-state index >= 15 is 0 Å². The Labute approximate surface area is 169 Å². The van der Waals surface area contributed by atoms with Gasteiger partial charge in [0.25, 0.3) is 0 Å². The topological polar surface area (TPSA) is 57.5 Å². The first-order chi connectivity index (χ1) is 13.4. The zero-order chi connectivity index (χ0) is 20.5. The third-order valence-electron chi connectivity index (χ3n) is 6.01. The zero-order valence-electron chi connectivity index (χ0n) is 17.2. The number of hydrogen-bond donors (Lipinski definition) is 2. The molecule has 2 atom stereocenters. The van der Waals surface area contributed by atoms with E-state index in [0.29, 0.717) is 12.8 Å². The van der Waals surface area contributed by atoms with E-state index in [4.69, 9.17) is 0 Å². The third-order valence-corrected chi connectivity index (χ3v) is 6.01. The molecule has 2 unspecified atom stereocenters. The number of ketones is 1. The predicted molar refractivity (Wildman–Crippen MR) is 114 cm³/mol. The Kier molecular flexibility index (Phi) is 8.40. The first-order valence-corrected chi connectivity index (χ1v) is 10.3. The molecule has 0 heterocycles. The van der Waals surface area contributed by atoms with Gasteiger partial charge in [0.2, 0.25) is 0 Å². The van der Waals surface area contributed by atoms with Crippen LogP contribution in [0.5, 0.6) is 0 Å². The van der Waals surface area contributed by atoms with Crippen molar-refractivity contribution in [2.24, 2.45) is 0 Å². The van der Waals surface area contributed by atoms with Crippen molar-refractivity contribution in [1.29, 1.82) is 0 Å². The second kappa shape index (κ2) is 10.5. The van der Waals surface area contributed by atoms with E-state index in [1.54, 1.807) is 0 Å². The van der Waals surface area contributed by atoms with E-state index in [1.165, 1.54) is 0 Å². The molecule has 2 aromatic rings. The van der Waals surface area contributed by atoms with E-state index in [0.717, 1.165) is 36.8 Å². The molecule has 152 valence electrons. The minimum Gasteiger partial charge on any atom is -0.395 e. The number of rotatable bonds is 12. The Bertz CT molecular complexity index is 652. The van der Waals surface area contributed by atoms with E-state index in [2.05, 4.69) is 13.8 Å². The molecule has 0 aromatic heterocycles. The van der Waals surface area contributed by atoms with Crippen LogP contribution in [0.4, 0.5) is 0 Å². The average molecular weight is 383 g/mol. The molecule has 0 bridgehead atoms. The van der Waals surface area contributed by atoms with Crippen LogP contribution in [0.2, 0.25) is 0 Å². The quantitative estimate of drug-likeness (QED) is 0.554. The van der Waals surface area contributed by atoms with Gasteiger partial charge in [0.1, 0.15) is 5.78 Å². The van der Waals surface area contributed by atoms with Crippen LogP contribution in [0.25, 0.3) is 0 Å². The van der Waals surface area contributed by atoms with E-state index in [1.807, 2.05) is 60.7 Å². The zero-order valence-corrected chi connectivity index (χ0v) is 17.2. The fourth-order valence-corrected chi connectivity index (χ4v) is 3.79. The van der Waals surface area contributed by atoms with Gasteiger partial charge in [0, 0.05) is 23.7 Å². The van der Waals surface area contributed by atoms with Crippen molar-refractivity contribution < 1.29 is 15.0 Å². The van der Waals surface area contributed by atoms with Crippen LogP contribution in [0, 0.1) is 0 Å². The molecular weight excluding hydrogens is 348 g/mol. The van der Waals surface area contributed by atoms with Gasteiger partial charge in [-0.1, -0.05) is 74.5 Å². The van der Waals surface area contributed by atoms with Gasteiger partial charge in [-0.25, -0.2) is 0 Å². The molecule has 0 saturated carbocycles. The van der Waals surface area contributed by atoms with Crippen LogP contribution in [0.1, 0.15) is 63.5 Å². The van der Waals surface area contributed by atoms with Gasteiger partial charge in [0.15, 0.2) is 0 Å². The van der Waals surface area contributed by atoms with E-state index < -0.39 is 0 Å². The van der Waals surface area contributed by atoms with Gasteiger partial charge in [-0.3, -0.25) is 4.79 Å². The highest BCUT2D eigenvalue weighted by atomic mass is 16.3. The van der Waals surface area contributed by atoms with Crippen molar-refractivity contribution in [3.05, 3.63) is 71.8 Å². The number of hydrogen-bond acceptors (Lipinski definition) is 3. The molecule has 3 nitrogen and oxygen atoms in total. The smallest absolute Gasteiger partial charge is 0.132 e. The first-order valence-electron chi connectivity index (χ1n) is 10.3. The SMILES string of the molecule is CC(CO)(CCCC(=O)CCCC(C)(CO)c1ccccc1)c1ccccc1. The van der Waals surface area contributed by atoms with E-state index in [-0.39, 0.29) is 29.8 Å². The Morgan fingerprint density at radius 2 is 1.07 bits per heavy atom. The monoisotopic (exact) mass is 382 g/mol. The number of carbonyl (C=O) groups excluding carboxylic acids is 1. The van der Waals surface area contributed by atoms with Crippen LogP contribution in [-0.4, -0.2) is 29.2 Å². The third kappa shape index (κ3) is 6.02. The lowest BCUT2D eigenvalue weighted by Gasteiger charge is -2.28. The summed E-state index contributed by atoms with van der Waals surface area (Å²) in [5.41, 5.74) is 1.63. The Morgan fingerprint density at radius 1 is 0.714 bits per heavy atom. The summed E-state index contributed by atoms with van der Waals surface area (Å²) in [6, 6.07) is 20.0. The Balaban J connectivity index is 1.78. The molecule has 0 aliphatic heterocycles. The first kappa shape index (κ1) is 22.3. The normalized spacial score (nSPS) is 15.6. The number of benzene rings is 2. The van der Waals surface area contributed by atoms with Gasteiger partial charge in [-0.2, -0.15) is 0 Å². The predicted octanol–water partition coefficient (Wildman–Crippen LogP) is 4.80. The minimum absolute atomic E-state index is 0.0805. The molecule has 2 aromatic carbocycles. The highest BCUT2D eigenvalue weighted by Crippen LogP contribution is 2.31. The second-order valence-corrected chi connectivity index (χ2v) is 8.42. The molecule has 0 aliphatic rings. The summed E-state index contributed by atoms with van der Waals surface area (Å²) in [5, 5.41) is 19.7. The summed E-state index contributed by atoms with van der Waals surface area (Å²) in [5.74, 6) is 0.265. The molecule has 0 radical (unpaired) electrons. The Morgan fingerprint density at radius 3 is 1.39 bits per heavy atom. The molecule has 0 spiro atoms. The average Bonchev–Trinajstić information content (AvgIpc) is 2.74. The standard InChI is InChI=1S/C25H34O3/c1-24(19-26,21-11-5-3-6-12-21)17-9-15-23(28)16-10-18-25(2,20-27)22-13-7-4-8-14-22/h3-8,11-14,26-27H,9-10,15-20H2,1-2H3. The van der Waals surface area contributed by atoms with Crippen molar-refractivity contribution in [3.8, 4) is 0 Å².